The number of hydrogen-bond acceptors (Lipinski definition) is 3. The molecule has 2 aliphatic rings. The highest BCUT2D eigenvalue weighted by Gasteiger charge is 2.42. The van der Waals surface area contributed by atoms with E-state index in [1.807, 2.05) is 0 Å². The summed E-state index contributed by atoms with van der Waals surface area (Å²) in [6, 6.07) is -0.198. The molecule has 1 unspecified atom stereocenters. The van der Waals surface area contributed by atoms with Gasteiger partial charge in [0.25, 0.3) is 0 Å². The van der Waals surface area contributed by atoms with Crippen molar-refractivity contribution in [2.45, 2.75) is 31.3 Å². The highest BCUT2D eigenvalue weighted by Crippen LogP contribution is 2.30. The molecule has 1 atom stereocenters. The van der Waals surface area contributed by atoms with Gasteiger partial charge in [0, 0.05) is 18.5 Å². The molecular weight excluding hydrogens is 182 g/mol. The second kappa shape index (κ2) is 3.24. The Morgan fingerprint density at radius 2 is 1.93 bits per heavy atom. The van der Waals surface area contributed by atoms with E-state index in [0.29, 0.717) is 13.0 Å². The van der Waals surface area contributed by atoms with Gasteiger partial charge in [0.2, 0.25) is 11.8 Å². The largest absolute Gasteiger partial charge is 0.368 e. The second-order valence-electron chi connectivity index (χ2n) is 4.17. The summed E-state index contributed by atoms with van der Waals surface area (Å²) in [4.78, 5) is 24.2. The molecule has 0 bridgehead atoms. The number of primary amides is 1. The second-order valence-corrected chi connectivity index (χ2v) is 4.17. The molecule has 4 N–H and O–H groups in total. The van der Waals surface area contributed by atoms with Crippen molar-refractivity contribution in [3.05, 3.63) is 0 Å². The molecule has 2 amide bonds. The lowest BCUT2D eigenvalue weighted by Gasteiger charge is -2.43. The van der Waals surface area contributed by atoms with Crippen LogP contribution in [-0.2, 0) is 9.59 Å². The van der Waals surface area contributed by atoms with Crippen LogP contribution >= 0.6 is 0 Å². The predicted molar refractivity (Wildman–Crippen MR) is 50.0 cm³/mol. The first-order chi connectivity index (χ1) is 6.59. The van der Waals surface area contributed by atoms with Crippen LogP contribution < -0.4 is 11.5 Å². The molecule has 5 heteroatoms. The smallest absolute Gasteiger partial charge is 0.240 e. The molecule has 0 radical (unpaired) electrons. The summed E-state index contributed by atoms with van der Waals surface area (Å²) in [5.41, 5.74) is 10.8. The minimum atomic E-state index is -0.395. The third kappa shape index (κ3) is 1.37. The van der Waals surface area contributed by atoms with Crippen LogP contribution in [0.15, 0.2) is 0 Å². The van der Waals surface area contributed by atoms with Crippen LogP contribution in [0.1, 0.15) is 19.3 Å². The van der Waals surface area contributed by atoms with Gasteiger partial charge in [-0.3, -0.25) is 9.59 Å². The summed E-state index contributed by atoms with van der Waals surface area (Å²) in [6.45, 7) is 0.665. The zero-order valence-electron chi connectivity index (χ0n) is 7.98. The molecule has 2 fully saturated rings. The predicted octanol–water partition coefficient (Wildman–Crippen LogP) is -1.19. The van der Waals surface area contributed by atoms with E-state index < -0.39 is 5.91 Å². The Balaban J connectivity index is 1.90. The SMILES string of the molecule is NC(=O)C1CCN1C(=O)C1CC(N)C1. The Bertz CT molecular complexity index is 273. The molecule has 0 aromatic rings. The third-order valence-electron chi connectivity index (χ3n) is 3.15. The molecule has 5 nitrogen and oxygen atoms in total. The summed E-state index contributed by atoms with van der Waals surface area (Å²) in [6.07, 6.45) is 2.21. The van der Waals surface area contributed by atoms with Crippen LogP contribution in [0.25, 0.3) is 0 Å². The Kier molecular flexibility index (Phi) is 2.19. The van der Waals surface area contributed by atoms with Crippen LogP contribution in [0.3, 0.4) is 0 Å². The molecule has 1 heterocycles. The minimum absolute atomic E-state index is 0.0344. The first kappa shape index (κ1) is 9.45. The number of nitrogens with zero attached hydrogens (tertiary/aromatic N) is 1. The van der Waals surface area contributed by atoms with Gasteiger partial charge in [-0.05, 0) is 19.3 Å². The first-order valence-electron chi connectivity index (χ1n) is 4.95. The monoisotopic (exact) mass is 197 g/mol. The maximum atomic E-state index is 11.7. The molecular formula is C9H15N3O2. The van der Waals surface area contributed by atoms with E-state index in [9.17, 15) is 9.59 Å². The molecule has 1 aliphatic heterocycles. The number of likely N-dealkylation sites (tertiary alicyclic amines) is 1. The summed E-state index contributed by atoms with van der Waals surface area (Å²) in [7, 11) is 0. The molecule has 0 spiro atoms. The Morgan fingerprint density at radius 1 is 1.29 bits per heavy atom. The topological polar surface area (TPSA) is 89.4 Å². The van der Waals surface area contributed by atoms with Gasteiger partial charge in [-0.25, -0.2) is 0 Å². The van der Waals surface area contributed by atoms with Crippen molar-refractivity contribution in [2.24, 2.45) is 17.4 Å². The van der Waals surface area contributed by atoms with E-state index >= 15 is 0 Å². The lowest BCUT2D eigenvalue weighted by molar-refractivity contribution is -0.152. The highest BCUT2D eigenvalue weighted by atomic mass is 16.2. The number of carbonyl (C=O) groups is 2. The average molecular weight is 197 g/mol. The number of rotatable bonds is 2. The fourth-order valence-corrected chi connectivity index (χ4v) is 2.04. The molecule has 2 rings (SSSR count). The zero-order valence-corrected chi connectivity index (χ0v) is 7.98. The lowest BCUT2D eigenvalue weighted by Crippen LogP contribution is -2.60. The van der Waals surface area contributed by atoms with Crippen molar-refractivity contribution >= 4 is 11.8 Å². The molecule has 14 heavy (non-hydrogen) atoms. The normalized spacial score (nSPS) is 35.8. The molecule has 0 aromatic heterocycles. The molecule has 1 aliphatic carbocycles. The van der Waals surface area contributed by atoms with Crippen molar-refractivity contribution in [1.29, 1.82) is 0 Å². The van der Waals surface area contributed by atoms with Gasteiger partial charge < -0.3 is 16.4 Å². The Morgan fingerprint density at radius 3 is 2.29 bits per heavy atom. The number of nitrogens with two attached hydrogens (primary N) is 2. The molecule has 78 valence electrons. The summed E-state index contributed by atoms with van der Waals surface area (Å²) < 4.78 is 0. The molecule has 1 saturated carbocycles. The number of hydrogen-bond donors (Lipinski definition) is 2. The van der Waals surface area contributed by atoms with Crippen molar-refractivity contribution in [1.82, 2.24) is 4.90 Å². The van der Waals surface area contributed by atoms with E-state index in [1.54, 1.807) is 4.90 Å². The number of carbonyl (C=O) groups excluding carboxylic acids is 2. The number of amides is 2. The van der Waals surface area contributed by atoms with Gasteiger partial charge in [-0.2, -0.15) is 0 Å². The van der Waals surface area contributed by atoms with Crippen LogP contribution in [0.4, 0.5) is 0 Å². The van der Waals surface area contributed by atoms with Crippen LogP contribution in [-0.4, -0.2) is 35.3 Å². The average Bonchev–Trinajstić information content (AvgIpc) is 1.94. The van der Waals surface area contributed by atoms with E-state index in [4.69, 9.17) is 11.5 Å². The molecule has 1 saturated heterocycles. The molecule has 0 aromatic carbocycles. The van der Waals surface area contributed by atoms with Gasteiger partial charge in [-0.1, -0.05) is 0 Å². The maximum Gasteiger partial charge on any atom is 0.240 e. The summed E-state index contributed by atoms with van der Waals surface area (Å²) in [5, 5.41) is 0. The van der Waals surface area contributed by atoms with E-state index in [1.165, 1.54) is 0 Å². The van der Waals surface area contributed by atoms with Crippen LogP contribution in [0, 0.1) is 5.92 Å². The maximum absolute atomic E-state index is 11.7. The van der Waals surface area contributed by atoms with Crippen LogP contribution in [0.5, 0.6) is 0 Å². The van der Waals surface area contributed by atoms with Gasteiger partial charge in [0.15, 0.2) is 0 Å². The summed E-state index contributed by atoms with van der Waals surface area (Å²) in [5.74, 6) is -0.304. The van der Waals surface area contributed by atoms with Gasteiger partial charge in [0.1, 0.15) is 6.04 Å². The fraction of sp³-hybridized carbons (Fsp3) is 0.778. The quantitative estimate of drug-likeness (QED) is 0.583. The van der Waals surface area contributed by atoms with Crippen molar-refractivity contribution in [3.63, 3.8) is 0 Å². The van der Waals surface area contributed by atoms with Gasteiger partial charge in [-0.15, -0.1) is 0 Å². The zero-order chi connectivity index (χ0) is 10.3. The standard InChI is InChI=1S/C9H15N3O2/c10-6-3-5(4-6)9(14)12-2-1-7(12)8(11)13/h5-7H,1-4,10H2,(H2,11,13). The van der Waals surface area contributed by atoms with Crippen molar-refractivity contribution in [2.75, 3.05) is 6.54 Å². The Hall–Kier alpha value is -1.10. The van der Waals surface area contributed by atoms with Gasteiger partial charge in [0.05, 0.1) is 0 Å². The van der Waals surface area contributed by atoms with Crippen molar-refractivity contribution in [3.8, 4) is 0 Å². The Labute approximate surface area is 82.4 Å². The van der Waals surface area contributed by atoms with E-state index in [-0.39, 0.29) is 23.9 Å². The lowest BCUT2D eigenvalue weighted by atomic mass is 9.79. The first-order valence-corrected chi connectivity index (χ1v) is 4.95. The third-order valence-corrected chi connectivity index (χ3v) is 3.15. The van der Waals surface area contributed by atoms with Crippen LogP contribution in [0.2, 0.25) is 0 Å². The minimum Gasteiger partial charge on any atom is -0.368 e. The van der Waals surface area contributed by atoms with Crippen molar-refractivity contribution < 1.29 is 9.59 Å². The highest BCUT2D eigenvalue weighted by molar-refractivity contribution is 5.89. The summed E-state index contributed by atoms with van der Waals surface area (Å²) >= 11 is 0. The van der Waals surface area contributed by atoms with E-state index in [2.05, 4.69) is 0 Å². The van der Waals surface area contributed by atoms with Gasteiger partial charge >= 0.3 is 0 Å². The fourth-order valence-electron chi connectivity index (χ4n) is 2.04. The van der Waals surface area contributed by atoms with E-state index in [0.717, 1.165) is 12.8 Å².